The molecule has 2 aromatic carbocycles. The van der Waals surface area contributed by atoms with Crippen molar-refractivity contribution in [3.05, 3.63) is 48.0 Å². The van der Waals surface area contributed by atoms with Crippen LogP contribution in [0, 0.1) is 6.92 Å². The lowest BCUT2D eigenvalue weighted by molar-refractivity contribution is 0.588. The van der Waals surface area contributed by atoms with Crippen LogP contribution in [0.5, 0.6) is 0 Å². The Morgan fingerprint density at radius 3 is 2.38 bits per heavy atom. The summed E-state index contributed by atoms with van der Waals surface area (Å²) in [5.74, 6) is 0. The third-order valence-electron chi connectivity index (χ3n) is 3.42. The third-order valence-corrected chi connectivity index (χ3v) is 4.90. The Morgan fingerprint density at radius 2 is 1.81 bits per heavy atom. The predicted molar refractivity (Wildman–Crippen MR) is 86.3 cm³/mol. The summed E-state index contributed by atoms with van der Waals surface area (Å²) in [4.78, 5) is 2.06. The Morgan fingerprint density at radius 1 is 1.14 bits per heavy atom. The van der Waals surface area contributed by atoms with Crippen LogP contribution in [0.4, 0.5) is 17.1 Å². The lowest BCUT2D eigenvalue weighted by Gasteiger charge is -2.22. The van der Waals surface area contributed by atoms with Crippen molar-refractivity contribution in [1.82, 2.24) is 4.72 Å². The Labute approximate surface area is 125 Å². The van der Waals surface area contributed by atoms with Gasteiger partial charge in [-0.05, 0) is 43.8 Å². The van der Waals surface area contributed by atoms with E-state index >= 15 is 0 Å². The van der Waals surface area contributed by atoms with Crippen molar-refractivity contribution < 1.29 is 8.42 Å². The zero-order chi connectivity index (χ0) is 15.6. The highest BCUT2D eigenvalue weighted by atomic mass is 32.2. The summed E-state index contributed by atoms with van der Waals surface area (Å²) in [5, 5.41) is 0. The van der Waals surface area contributed by atoms with Gasteiger partial charge in [-0.2, -0.15) is 0 Å². The molecule has 0 aromatic heterocycles. The highest BCUT2D eigenvalue weighted by Gasteiger charge is 2.16. The van der Waals surface area contributed by atoms with E-state index in [0.717, 1.165) is 16.9 Å². The molecule has 0 bridgehead atoms. The minimum absolute atomic E-state index is 0.0898. The first kappa shape index (κ1) is 15.3. The number of hydrogen-bond acceptors (Lipinski definition) is 4. The summed E-state index contributed by atoms with van der Waals surface area (Å²) >= 11 is 0. The fraction of sp³-hybridized carbons (Fsp3) is 0.200. The predicted octanol–water partition coefficient (Wildman–Crippen LogP) is 2.25. The van der Waals surface area contributed by atoms with Crippen molar-refractivity contribution in [2.75, 3.05) is 24.7 Å². The van der Waals surface area contributed by atoms with Gasteiger partial charge in [0.05, 0.1) is 5.69 Å². The van der Waals surface area contributed by atoms with Crippen LogP contribution < -0.4 is 15.4 Å². The van der Waals surface area contributed by atoms with Crippen molar-refractivity contribution in [3.63, 3.8) is 0 Å². The number of benzene rings is 2. The molecule has 0 radical (unpaired) electrons. The molecule has 0 aliphatic heterocycles. The number of aryl methyl sites for hydroxylation is 1. The van der Waals surface area contributed by atoms with Gasteiger partial charge in [0.25, 0.3) is 0 Å². The summed E-state index contributed by atoms with van der Waals surface area (Å²) < 4.78 is 25.9. The monoisotopic (exact) mass is 305 g/mol. The summed E-state index contributed by atoms with van der Waals surface area (Å²) in [6.45, 7) is 2.02. The highest BCUT2D eigenvalue weighted by molar-refractivity contribution is 7.89. The van der Waals surface area contributed by atoms with Crippen molar-refractivity contribution >= 4 is 27.1 Å². The van der Waals surface area contributed by atoms with E-state index in [0.29, 0.717) is 0 Å². The van der Waals surface area contributed by atoms with Gasteiger partial charge >= 0.3 is 0 Å². The van der Waals surface area contributed by atoms with Crippen LogP contribution >= 0.6 is 0 Å². The van der Waals surface area contributed by atoms with Crippen LogP contribution in [0.25, 0.3) is 0 Å². The van der Waals surface area contributed by atoms with E-state index in [1.54, 1.807) is 12.1 Å². The summed E-state index contributed by atoms with van der Waals surface area (Å²) in [7, 11) is -0.254. The van der Waals surface area contributed by atoms with Gasteiger partial charge in [-0.25, -0.2) is 13.1 Å². The molecule has 0 fully saturated rings. The SMILES string of the molecule is CNS(=O)(=O)c1ccc(N(C)c2ccccc2C)cc1N. The first-order valence-corrected chi connectivity index (χ1v) is 7.97. The second-order valence-electron chi connectivity index (χ2n) is 4.78. The number of nitrogens with two attached hydrogens (primary N) is 1. The third kappa shape index (κ3) is 3.01. The first-order chi connectivity index (χ1) is 9.86. The minimum atomic E-state index is -3.54. The van der Waals surface area contributed by atoms with E-state index in [1.165, 1.54) is 13.1 Å². The normalized spacial score (nSPS) is 11.4. The Balaban J connectivity index is 2.44. The van der Waals surface area contributed by atoms with Crippen molar-refractivity contribution in [2.45, 2.75) is 11.8 Å². The van der Waals surface area contributed by atoms with Gasteiger partial charge in [-0.3, -0.25) is 0 Å². The molecular formula is C15H19N3O2S. The maximum absolute atomic E-state index is 11.8. The molecule has 0 saturated carbocycles. The number of para-hydroxylation sites is 1. The average Bonchev–Trinajstić information content (AvgIpc) is 2.46. The smallest absolute Gasteiger partial charge is 0.242 e. The van der Waals surface area contributed by atoms with Crippen molar-refractivity contribution in [1.29, 1.82) is 0 Å². The number of nitrogens with one attached hydrogen (secondary N) is 1. The molecule has 0 amide bonds. The van der Waals surface area contributed by atoms with Crippen LogP contribution in [0.2, 0.25) is 0 Å². The van der Waals surface area contributed by atoms with Crippen molar-refractivity contribution in [2.24, 2.45) is 0 Å². The Bertz CT molecular complexity index is 757. The second-order valence-corrected chi connectivity index (χ2v) is 6.63. The zero-order valence-electron chi connectivity index (χ0n) is 12.3. The zero-order valence-corrected chi connectivity index (χ0v) is 13.1. The molecule has 0 heterocycles. The fourth-order valence-corrected chi connectivity index (χ4v) is 3.01. The lowest BCUT2D eigenvalue weighted by atomic mass is 10.1. The molecule has 0 spiro atoms. The molecule has 5 nitrogen and oxygen atoms in total. The Kier molecular flexibility index (Phi) is 4.20. The van der Waals surface area contributed by atoms with E-state index in [9.17, 15) is 8.42 Å². The maximum atomic E-state index is 11.8. The van der Waals surface area contributed by atoms with Gasteiger partial charge in [-0.15, -0.1) is 0 Å². The lowest BCUT2D eigenvalue weighted by Crippen LogP contribution is -2.20. The summed E-state index contributed by atoms with van der Waals surface area (Å²) in [6.07, 6.45) is 0. The largest absolute Gasteiger partial charge is 0.398 e. The molecule has 2 aromatic rings. The van der Waals surface area contributed by atoms with E-state index in [-0.39, 0.29) is 10.6 Å². The number of nitrogens with zero attached hydrogens (tertiary/aromatic N) is 1. The standard InChI is InChI=1S/C15H19N3O2S/c1-11-6-4-5-7-14(11)18(3)12-8-9-15(13(16)10-12)21(19,20)17-2/h4-10,17H,16H2,1-3H3. The maximum Gasteiger partial charge on any atom is 0.242 e. The molecule has 0 atom stereocenters. The number of rotatable bonds is 4. The molecule has 2 rings (SSSR count). The van der Waals surface area contributed by atoms with E-state index < -0.39 is 10.0 Å². The topological polar surface area (TPSA) is 75.4 Å². The van der Waals surface area contributed by atoms with Gasteiger partial charge in [0, 0.05) is 18.4 Å². The number of hydrogen-bond donors (Lipinski definition) is 2. The van der Waals surface area contributed by atoms with Crippen LogP contribution in [0.1, 0.15) is 5.56 Å². The fourth-order valence-electron chi connectivity index (χ4n) is 2.18. The van der Waals surface area contributed by atoms with Gasteiger partial charge < -0.3 is 10.6 Å². The van der Waals surface area contributed by atoms with Crippen LogP contribution in [-0.4, -0.2) is 22.5 Å². The molecule has 0 saturated heterocycles. The average molecular weight is 305 g/mol. The minimum Gasteiger partial charge on any atom is -0.398 e. The molecule has 0 aliphatic carbocycles. The van der Waals surface area contributed by atoms with Gasteiger partial charge in [-0.1, -0.05) is 18.2 Å². The van der Waals surface area contributed by atoms with Gasteiger partial charge in [0.15, 0.2) is 0 Å². The number of anilines is 3. The molecule has 0 unspecified atom stereocenters. The first-order valence-electron chi connectivity index (χ1n) is 6.49. The molecular weight excluding hydrogens is 286 g/mol. The summed E-state index contributed by atoms with van der Waals surface area (Å²) in [5.41, 5.74) is 9.12. The van der Waals surface area contributed by atoms with E-state index in [2.05, 4.69) is 4.72 Å². The Hall–Kier alpha value is -2.05. The molecule has 21 heavy (non-hydrogen) atoms. The van der Waals surface area contributed by atoms with Crippen LogP contribution in [-0.2, 0) is 10.0 Å². The quantitative estimate of drug-likeness (QED) is 0.850. The number of sulfonamides is 1. The van der Waals surface area contributed by atoms with E-state index in [4.69, 9.17) is 5.73 Å². The second kappa shape index (κ2) is 5.75. The van der Waals surface area contributed by atoms with Crippen molar-refractivity contribution in [3.8, 4) is 0 Å². The van der Waals surface area contributed by atoms with Crippen LogP contribution in [0.15, 0.2) is 47.4 Å². The molecule has 0 aliphatic rings. The molecule has 6 heteroatoms. The van der Waals surface area contributed by atoms with E-state index in [1.807, 2.05) is 43.1 Å². The van der Waals surface area contributed by atoms with Gasteiger partial charge in [0.1, 0.15) is 4.90 Å². The molecule has 112 valence electrons. The molecule has 3 N–H and O–H groups in total. The van der Waals surface area contributed by atoms with Gasteiger partial charge in [0.2, 0.25) is 10.0 Å². The summed E-state index contributed by atoms with van der Waals surface area (Å²) in [6, 6.07) is 12.9. The number of nitrogen functional groups attached to an aromatic ring is 1. The highest BCUT2D eigenvalue weighted by Crippen LogP contribution is 2.30. The van der Waals surface area contributed by atoms with Crippen LogP contribution in [0.3, 0.4) is 0 Å².